The smallest absolute Gasteiger partial charge is 0.0940 e. The van der Waals surface area contributed by atoms with Crippen molar-refractivity contribution in [3.05, 3.63) is 33.8 Å². The normalized spacial score (nSPS) is 30.7. The summed E-state index contributed by atoms with van der Waals surface area (Å²) in [6, 6.07) is 7.07. The minimum atomic E-state index is -0.0287. The van der Waals surface area contributed by atoms with Crippen LogP contribution in [0.3, 0.4) is 0 Å². The summed E-state index contributed by atoms with van der Waals surface area (Å²) in [4.78, 5) is 0. The highest BCUT2D eigenvalue weighted by molar-refractivity contribution is 9.10. The quantitative estimate of drug-likeness (QED) is 0.900. The lowest BCUT2D eigenvalue weighted by Gasteiger charge is -2.40. The lowest BCUT2D eigenvalue weighted by Crippen LogP contribution is -2.43. The van der Waals surface area contributed by atoms with Gasteiger partial charge in [-0.1, -0.05) is 22.0 Å². The molecule has 2 saturated heterocycles. The highest BCUT2D eigenvalue weighted by Gasteiger charge is 2.43. The third kappa shape index (κ3) is 3.34. The van der Waals surface area contributed by atoms with Gasteiger partial charge in [0.15, 0.2) is 0 Å². The second-order valence-corrected chi connectivity index (χ2v) is 7.33. The Morgan fingerprint density at radius 2 is 2.19 bits per heavy atom. The summed E-state index contributed by atoms with van der Waals surface area (Å²) >= 11 is 3.62. The average molecular weight is 354 g/mol. The molecule has 1 aromatic carbocycles. The molecule has 0 bridgehead atoms. The summed E-state index contributed by atoms with van der Waals surface area (Å²) < 4.78 is 12.8. The van der Waals surface area contributed by atoms with Gasteiger partial charge in [0, 0.05) is 30.1 Å². The first kappa shape index (κ1) is 15.5. The number of nitrogens with one attached hydrogen (secondary N) is 1. The molecule has 3 rings (SSSR count). The number of hydrogen-bond donors (Lipinski definition) is 1. The van der Waals surface area contributed by atoms with E-state index in [4.69, 9.17) is 9.47 Å². The summed E-state index contributed by atoms with van der Waals surface area (Å²) in [7, 11) is 2.06. The molecule has 21 heavy (non-hydrogen) atoms. The van der Waals surface area contributed by atoms with Crippen LogP contribution in [0.5, 0.6) is 0 Å². The van der Waals surface area contributed by atoms with Crippen molar-refractivity contribution in [2.24, 2.45) is 5.92 Å². The van der Waals surface area contributed by atoms with E-state index in [2.05, 4.69) is 53.4 Å². The first-order chi connectivity index (χ1) is 10.1. The van der Waals surface area contributed by atoms with Gasteiger partial charge in [0.2, 0.25) is 0 Å². The summed E-state index contributed by atoms with van der Waals surface area (Å²) in [5, 5.41) is 3.53. The van der Waals surface area contributed by atoms with Crippen LogP contribution in [-0.4, -0.2) is 32.5 Å². The van der Waals surface area contributed by atoms with Crippen molar-refractivity contribution in [1.29, 1.82) is 0 Å². The maximum Gasteiger partial charge on any atom is 0.0940 e. The van der Waals surface area contributed by atoms with Crippen LogP contribution in [0.15, 0.2) is 22.7 Å². The van der Waals surface area contributed by atoms with Gasteiger partial charge in [0.1, 0.15) is 0 Å². The Morgan fingerprint density at radius 1 is 1.33 bits per heavy atom. The van der Waals surface area contributed by atoms with Gasteiger partial charge in [0.05, 0.1) is 12.2 Å². The molecule has 1 N–H and O–H groups in total. The number of halogens is 1. The molecule has 4 heteroatoms. The Labute approximate surface area is 135 Å². The zero-order valence-electron chi connectivity index (χ0n) is 12.8. The van der Waals surface area contributed by atoms with E-state index in [0.29, 0.717) is 12.0 Å². The van der Waals surface area contributed by atoms with E-state index >= 15 is 0 Å². The summed E-state index contributed by atoms with van der Waals surface area (Å²) in [5.74, 6) is 0.596. The molecule has 0 radical (unpaired) electrons. The number of hydrogen-bond acceptors (Lipinski definition) is 3. The SMILES string of the molecule is CNC(c1cc(C)cc(Br)c1)C1CCOC2(CCOC2)C1. The monoisotopic (exact) mass is 353 g/mol. The number of benzene rings is 1. The maximum atomic E-state index is 6.07. The lowest BCUT2D eigenvalue weighted by atomic mass is 9.79. The van der Waals surface area contributed by atoms with Gasteiger partial charge in [-0.15, -0.1) is 0 Å². The van der Waals surface area contributed by atoms with Crippen LogP contribution in [0.2, 0.25) is 0 Å². The van der Waals surface area contributed by atoms with E-state index in [9.17, 15) is 0 Å². The van der Waals surface area contributed by atoms with Crippen LogP contribution >= 0.6 is 15.9 Å². The zero-order chi connectivity index (χ0) is 14.9. The van der Waals surface area contributed by atoms with Gasteiger partial charge >= 0.3 is 0 Å². The zero-order valence-corrected chi connectivity index (χ0v) is 14.4. The van der Waals surface area contributed by atoms with Gasteiger partial charge in [-0.2, -0.15) is 0 Å². The topological polar surface area (TPSA) is 30.5 Å². The van der Waals surface area contributed by atoms with Crippen molar-refractivity contribution >= 4 is 15.9 Å². The molecule has 2 fully saturated rings. The second kappa shape index (κ2) is 6.37. The van der Waals surface area contributed by atoms with Crippen molar-refractivity contribution in [2.45, 2.75) is 37.8 Å². The molecule has 116 valence electrons. The molecule has 1 aromatic rings. The molecular weight excluding hydrogens is 330 g/mol. The Balaban J connectivity index is 1.82. The lowest BCUT2D eigenvalue weighted by molar-refractivity contribution is -0.103. The molecule has 2 aliphatic rings. The van der Waals surface area contributed by atoms with Crippen molar-refractivity contribution in [2.75, 3.05) is 26.9 Å². The predicted molar refractivity (Wildman–Crippen MR) is 87.5 cm³/mol. The van der Waals surface area contributed by atoms with E-state index in [0.717, 1.165) is 43.6 Å². The molecule has 0 amide bonds. The maximum absolute atomic E-state index is 6.07. The third-order valence-electron chi connectivity index (χ3n) is 4.80. The fourth-order valence-electron chi connectivity index (χ4n) is 3.83. The van der Waals surface area contributed by atoms with Crippen LogP contribution in [0.25, 0.3) is 0 Å². The molecule has 1 spiro atoms. The summed E-state index contributed by atoms with van der Waals surface area (Å²) in [6.45, 7) is 4.60. The minimum Gasteiger partial charge on any atom is -0.378 e. The predicted octanol–water partition coefficient (Wildman–Crippen LogP) is 3.60. The van der Waals surface area contributed by atoms with Crippen LogP contribution in [-0.2, 0) is 9.47 Å². The molecule has 2 heterocycles. The first-order valence-electron chi connectivity index (χ1n) is 7.78. The van der Waals surface area contributed by atoms with E-state index in [1.165, 1.54) is 11.1 Å². The molecule has 3 nitrogen and oxygen atoms in total. The molecule has 3 atom stereocenters. The Bertz CT molecular complexity index is 479. The van der Waals surface area contributed by atoms with E-state index in [1.54, 1.807) is 0 Å². The van der Waals surface area contributed by atoms with Gasteiger partial charge < -0.3 is 14.8 Å². The molecule has 3 unspecified atom stereocenters. The van der Waals surface area contributed by atoms with Crippen LogP contribution in [0.4, 0.5) is 0 Å². The van der Waals surface area contributed by atoms with Crippen molar-refractivity contribution < 1.29 is 9.47 Å². The van der Waals surface area contributed by atoms with Crippen molar-refractivity contribution in [3.63, 3.8) is 0 Å². The Morgan fingerprint density at radius 3 is 2.86 bits per heavy atom. The number of ether oxygens (including phenoxy) is 2. The van der Waals surface area contributed by atoms with Gasteiger partial charge in [0.25, 0.3) is 0 Å². The first-order valence-corrected chi connectivity index (χ1v) is 8.57. The standard InChI is InChI=1S/C17H24BrNO2/c1-12-7-14(9-15(18)8-12)16(19-2)13-3-5-21-17(10-13)4-6-20-11-17/h7-9,13,16,19H,3-6,10-11H2,1-2H3. The van der Waals surface area contributed by atoms with Gasteiger partial charge in [-0.05, 0) is 56.0 Å². The van der Waals surface area contributed by atoms with Crippen LogP contribution < -0.4 is 5.32 Å². The summed E-state index contributed by atoms with van der Waals surface area (Å²) in [5.41, 5.74) is 2.63. The van der Waals surface area contributed by atoms with Gasteiger partial charge in [-0.3, -0.25) is 0 Å². The van der Waals surface area contributed by atoms with Crippen LogP contribution in [0.1, 0.15) is 36.4 Å². The van der Waals surface area contributed by atoms with Gasteiger partial charge in [-0.25, -0.2) is 0 Å². The van der Waals surface area contributed by atoms with Crippen LogP contribution in [0, 0.1) is 12.8 Å². The largest absolute Gasteiger partial charge is 0.378 e. The molecular formula is C17H24BrNO2. The molecule has 0 saturated carbocycles. The molecule has 0 aliphatic carbocycles. The average Bonchev–Trinajstić information content (AvgIpc) is 2.86. The highest BCUT2D eigenvalue weighted by atomic mass is 79.9. The highest BCUT2D eigenvalue weighted by Crippen LogP contribution is 2.41. The minimum absolute atomic E-state index is 0.0287. The summed E-state index contributed by atoms with van der Waals surface area (Å²) in [6.07, 6.45) is 3.24. The molecule has 0 aromatic heterocycles. The molecule has 2 aliphatic heterocycles. The Hall–Kier alpha value is -0.420. The Kier molecular flexibility index (Phi) is 4.69. The third-order valence-corrected chi connectivity index (χ3v) is 5.26. The van der Waals surface area contributed by atoms with E-state index in [-0.39, 0.29) is 5.60 Å². The van der Waals surface area contributed by atoms with Crippen molar-refractivity contribution in [1.82, 2.24) is 5.32 Å². The second-order valence-electron chi connectivity index (χ2n) is 6.42. The number of aryl methyl sites for hydroxylation is 1. The van der Waals surface area contributed by atoms with E-state index < -0.39 is 0 Å². The van der Waals surface area contributed by atoms with Crippen molar-refractivity contribution in [3.8, 4) is 0 Å². The fourth-order valence-corrected chi connectivity index (χ4v) is 4.46. The number of rotatable bonds is 3. The fraction of sp³-hybridized carbons (Fsp3) is 0.647. The van der Waals surface area contributed by atoms with E-state index in [1.807, 2.05) is 0 Å².